The molecule has 21 heavy (non-hydrogen) atoms. The van der Waals surface area contributed by atoms with Gasteiger partial charge in [0.1, 0.15) is 5.76 Å². The SMILES string of the molecule is CC1CCCN(C(=O)Nc2cc(C(C)(C)C)on2)C1CO. The summed E-state index contributed by atoms with van der Waals surface area (Å²) >= 11 is 0. The fourth-order valence-corrected chi connectivity index (χ4v) is 2.65. The van der Waals surface area contributed by atoms with Gasteiger partial charge in [0, 0.05) is 18.0 Å². The van der Waals surface area contributed by atoms with E-state index in [-0.39, 0.29) is 24.1 Å². The molecule has 2 unspecified atom stereocenters. The van der Waals surface area contributed by atoms with Crippen molar-refractivity contribution in [1.29, 1.82) is 0 Å². The van der Waals surface area contributed by atoms with Crippen molar-refractivity contribution in [3.8, 4) is 0 Å². The number of urea groups is 1. The smallest absolute Gasteiger partial charge is 0.323 e. The first-order chi connectivity index (χ1) is 9.82. The Morgan fingerprint density at radius 3 is 2.86 bits per heavy atom. The molecule has 0 bridgehead atoms. The van der Waals surface area contributed by atoms with Crippen molar-refractivity contribution in [3.05, 3.63) is 11.8 Å². The van der Waals surface area contributed by atoms with Crippen molar-refractivity contribution in [3.63, 3.8) is 0 Å². The lowest BCUT2D eigenvalue weighted by molar-refractivity contribution is 0.0811. The summed E-state index contributed by atoms with van der Waals surface area (Å²) in [5, 5.41) is 16.2. The van der Waals surface area contributed by atoms with Crippen LogP contribution in [0, 0.1) is 5.92 Å². The highest BCUT2D eigenvalue weighted by Crippen LogP contribution is 2.26. The first-order valence-electron chi connectivity index (χ1n) is 7.48. The number of carbonyl (C=O) groups is 1. The van der Waals surface area contributed by atoms with Crippen LogP contribution in [0.25, 0.3) is 0 Å². The van der Waals surface area contributed by atoms with Crippen molar-refractivity contribution < 1.29 is 14.4 Å². The Kier molecular flexibility index (Phi) is 4.56. The lowest BCUT2D eigenvalue weighted by Gasteiger charge is -2.38. The number of nitrogens with zero attached hydrogens (tertiary/aromatic N) is 2. The molecule has 0 aromatic carbocycles. The zero-order valence-electron chi connectivity index (χ0n) is 13.2. The highest BCUT2D eigenvalue weighted by molar-refractivity contribution is 5.88. The van der Waals surface area contributed by atoms with E-state index in [9.17, 15) is 9.90 Å². The number of likely N-dealkylation sites (tertiary alicyclic amines) is 1. The van der Waals surface area contributed by atoms with Crippen molar-refractivity contribution >= 4 is 11.8 Å². The molecule has 1 aromatic rings. The molecular formula is C15H25N3O3. The standard InChI is InChI=1S/C15H25N3O3/c1-10-6-5-7-18(11(10)9-19)14(20)16-13-8-12(21-17-13)15(2,3)4/h8,10-11,19H,5-7,9H2,1-4H3,(H,16,17,20). The van der Waals surface area contributed by atoms with Gasteiger partial charge in [-0.1, -0.05) is 32.9 Å². The molecule has 1 aromatic heterocycles. The molecule has 1 fully saturated rings. The van der Waals surface area contributed by atoms with Crippen molar-refractivity contribution in [2.45, 2.75) is 52.0 Å². The average Bonchev–Trinajstić information content (AvgIpc) is 2.86. The molecule has 6 heteroatoms. The van der Waals surface area contributed by atoms with Crippen LogP contribution in [0.5, 0.6) is 0 Å². The van der Waals surface area contributed by atoms with Crippen LogP contribution < -0.4 is 5.32 Å². The van der Waals surface area contributed by atoms with Crippen LogP contribution in [0.3, 0.4) is 0 Å². The molecular weight excluding hydrogens is 270 g/mol. The number of aliphatic hydroxyl groups excluding tert-OH is 1. The zero-order valence-corrected chi connectivity index (χ0v) is 13.2. The molecule has 2 atom stereocenters. The van der Waals surface area contributed by atoms with E-state index in [1.807, 2.05) is 20.8 Å². The number of rotatable bonds is 2. The third kappa shape index (κ3) is 3.56. The lowest BCUT2D eigenvalue weighted by Crippen LogP contribution is -2.51. The number of piperidine rings is 1. The number of amides is 2. The molecule has 2 heterocycles. The second kappa shape index (κ2) is 6.05. The van der Waals surface area contributed by atoms with Gasteiger partial charge in [0.25, 0.3) is 0 Å². The number of hydrogen-bond donors (Lipinski definition) is 2. The van der Waals surface area contributed by atoms with E-state index in [1.54, 1.807) is 11.0 Å². The largest absolute Gasteiger partial charge is 0.394 e. The van der Waals surface area contributed by atoms with Crippen LogP contribution in [0.15, 0.2) is 10.6 Å². The number of anilines is 1. The number of hydrogen-bond acceptors (Lipinski definition) is 4. The highest BCUT2D eigenvalue weighted by Gasteiger charge is 2.32. The normalized spacial score (nSPS) is 23.2. The Bertz CT molecular complexity index is 493. The van der Waals surface area contributed by atoms with Gasteiger partial charge in [-0.2, -0.15) is 0 Å². The van der Waals surface area contributed by atoms with Gasteiger partial charge < -0.3 is 14.5 Å². The molecule has 2 N–H and O–H groups in total. The topological polar surface area (TPSA) is 78.6 Å². The predicted molar refractivity (Wildman–Crippen MR) is 80.2 cm³/mol. The van der Waals surface area contributed by atoms with Gasteiger partial charge in [-0.3, -0.25) is 5.32 Å². The van der Waals surface area contributed by atoms with Gasteiger partial charge in [-0.15, -0.1) is 0 Å². The molecule has 2 rings (SSSR count). The van der Waals surface area contributed by atoms with Crippen molar-refractivity contribution in [2.75, 3.05) is 18.5 Å². The molecule has 118 valence electrons. The number of nitrogens with one attached hydrogen (secondary N) is 1. The maximum Gasteiger partial charge on any atom is 0.323 e. The molecule has 0 spiro atoms. The van der Waals surface area contributed by atoms with E-state index >= 15 is 0 Å². The summed E-state index contributed by atoms with van der Waals surface area (Å²) < 4.78 is 5.26. The molecule has 2 amide bonds. The minimum absolute atomic E-state index is 0.0133. The van der Waals surface area contributed by atoms with E-state index in [2.05, 4.69) is 17.4 Å². The van der Waals surface area contributed by atoms with E-state index < -0.39 is 0 Å². The molecule has 0 aliphatic carbocycles. The monoisotopic (exact) mass is 295 g/mol. The Hall–Kier alpha value is -1.56. The van der Waals surface area contributed by atoms with Crippen LogP contribution in [0.4, 0.5) is 10.6 Å². The van der Waals surface area contributed by atoms with Crippen molar-refractivity contribution in [2.24, 2.45) is 5.92 Å². The van der Waals surface area contributed by atoms with Gasteiger partial charge in [0.15, 0.2) is 5.82 Å². The minimum atomic E-state index is -0.227. The van der Waals surface area contributed by atoms with Crippen LogP contribution in [0.2, 0.25) is 0 Å². The van der Waals surface area contributed by atoms with Crippen LogP contribution in [-0.4, -0.2) is 40.4 Å². The average molecular weight is 295 g/mol. The van der Waals surface area contributed by atoms with Crippen LogP contribution >= 0.6 is 0 Å². The lowest BCUT2D eigenvalue weighted by atomic mass is 9.91. The quantitative estimate of drug-likeness (QED) is 0.879. The van der Waals surface area contributed by atoms with E-state index in [0.717, 1.165) is 18.6 Å². The zero-order chi connectivity index (χ0) is 15.6. The second-order valence-electron chi connectivity index (χ2n) is 6.82. The third-order valence-electron chi connectivity index (χ3n) is 4.05. The summed E-state index contributed by atoms with van der Waals surface area (Å²) in [6.07, 6.45) is 1.99. The number of carbonyl (C=O) groups excluding carboxylic acids is 1. The molecule has 0 saturated carbocycles. The van der Waals surface area contributed by atoms with Gasteiger partial charge >= 0.3 is 6.03 Å². The molecule has 1 aliphatic rings. The van der Waals surface area contributed by atoms with E-state index in [4.69, 9.17) is 4.52 Å². The summed E-state index contributed by atoms with van der Waals surface area (Å²) in [4.78, 5) is 14.1. The van der Waals surface area contributed by atoms with Crippen molar-refractivity contribution in [1.82, 2.24) is 10.1 Å². The fourth-order valence-electron chi connectivity index (χ4n) is 2.65. The van der Waals surface area contributed by atoms with Gasteiger partial charge in [0.05, 0.1) is 12.6 Å². The minimum Gasteiger partial charge on any atom is -0.394 e. The molecule has 1 saturated heterocycles. The van der Waals surface area contributed by atoms with Gasteiger partial charge in [-0.25, -0.2) is 4.79 Å². The first-order valence-corrected chi connectivity index (χ1v) is 7.48. The Morgan fingerprint density at radius 2 is 2.29 bits per heavy atom. The van der Waals surface area contributed by atoms with Crippen LogP contribution in [0.1, 0.15) is 46.3 Å². The van der Waals surface area contributed by atoms with Gasteiger partial charge in [0.2, 0.25) is 0 Å². The predicted octanol–water partition coefficient (Wildman–Crippen LogP) is 2.60. The fraction of sp³-hybridized carbons (Fsp3) is 0.733. The Labute approximate surface area is 125 Å². The maximum atomic E-state index is 12.4. The summed E-state index contributed by atoms with van der Waals surface area (Å²) in [5.74, 6) is 1.44. The number of aromatic nitrogens is 1. The molecule has 0 radical (unpaired) electrons. The Morgan fingerprint density at radius 1 is 1.57 bits per heavy atom. The van der Waals surface area contributed by atoms with Crippen LogP contribution in [-0.2, 0) is 5.41 Å². The summed E-state index contributed by atoms with van der Waals surface area (Å²) in [5.41, 5.74) is -0.150. The first kappa shape index (κ1) is 15.8. The Balaban J connectivity index is 2.05. The van der Waals surface area contributed by atoms with Gasteiger partial charge in [-0.05, 0) is 18.8 Å². The highest BCUT2D eigenvalue weighted by atomic mass is 16.5. The molecule has 6 nitrogen and oxygen atoms in total. The summed E-state index contributed by atoms with van der Waals surface area (Å²) in [6, 6.07) is 1.39. The molecule has 1 aliphatic heterocycles. The third-order valence-corrected chi connectivity index (χ3v) is 4.05. The maximum absolute atomic E-state index is 12.4. The van der Waals surface area contributed by atoms with E-state index in [1.165, 1.54) is 0 Å². The summed E-state index contributed by atoms with van der Waals surface area (Å²) in [6.45, 7) is 8.77. The second-order valence-corrected chi connectivity index (χ2v) is 6.82. The van der Waals surface area contributed by atoms with E-state index in [0.29, 0.717) is 18.3 Å². The number of aliphatic hydroxyl groups is 1. The summed E-state index contributed by atoms with van der Waals surface area (Å²) in [7, 11) is 0.